The number of quaternary nitrogens is 2. The number of ether oxygens (including phenoxy) is 6. The van der Waals surface area contributed by atoms with E-state index >= 15 is 0 Å². The zero-order valence-corrected chi connectivity index (χ0v) is 55.7. The molecule has 0 rings (SSSR count). The van der Waals surface area contributed by atoms with Gasteiger partial charge >= 0.3 is 35.8 Å². The molecule has 0 fully saturated rings. The predicted molar refractivity (Wildman–Crippen MR) is 326 cm³/mol. The van der Waals surface area contributed by atoms with Crippen molar-refractivity contribution in [1.82, 2.24) is 0 Å². The van der Waals surface area contributed by atoms with Crippen molar-refractivity contribution in [2.45, 2.75) is 283 Å². The van der Waals surface area contributed by atoms with Gasteiger partial charge in [0, 0.05) is 25.7 Å². The molecule has 16 nitrogen and oxygen atoms in total. The fourth-order valence-electron chi connectivity index (χ4n) is 9.40. The summed E-state index contributed by atoms with van der Waals surface area (Å²) in [5.74, 6) is -1.38. The highest BCUT2D eigenvalue weighted by atomic mass is 35.5. The molecule has 0 spiro atoms. The number of unbranched alkanes of at least 4 members (excludes halogenated alkanes) is 21. The first kappa shape index (κ1) is 84.9. The first-order valence-corrected chi connectivity index (χ1v) is 32.7. The van der Waals surface area contributed by atoms with Gasteiger partial charge in [-0.3, -0.25) is 19.2 Å². The topological polar surface area (TPSA) is 198 Å². The van der Waals surface area contributed by atoms with Crippen LogP contribution in [0.15, 0.2) is 24.3 Å². The van der Waals surface area contributed by atoms with Crippen LogP contribution < -0.4 is 24.8 Å². The number of carbonyl (C=O) groups is 6. The quantitative estimate of drug-likeness (QED) is 0.0206. The van der Waals surface area contributed by atoms with Crippen molar-refractivity contribution in [2.75, 3.05) is 80.8 Å². The molecule has 84 heavy (non-hydrogen) atoms. The number of hydrogen-bond acceptors (Lipinski definition) is 14. The number of esters is 6. The molecular formula is C66H122Cl2N2O14. The molecule has 4 atom stereocenters. The van der Waals surface area contributed by atoms with Gasteiger partial charge in [-0.1, -0.05) is 155 Å². The van der Waals surface area contributed by atoms with Crippen LogP contribution in [-0.2, 0) is 57.2 Å². The van der Waals surface area contributed by atoms with E-state index in [-0.39, 0.29) is 86.9 Å². The Balaban J connectivity index is -0.0000328. The molecule has 18 heteroatoms. The van der Waals surface area contributed by atoms with Gasteiger partial charge in [-0.2, -0.15) is 0 Å². The third kappa shape index (κ3) is 54.1. The minimum Gasteiger partial charge on any atom is -1.00 e. The first-order valence-electron chi connectivity index (χ1n) is 32.7. The average Bonchev–Trinajstić information content (AvgIpc) is 3.52. The zero-order chi connectivity index (χ0) is 61.0. The zero-order valence-electron chi connectivity index (χ0n) is 54.2. The second kappa shape index (κ2) is 57.5. The van der Waals surface area contributed by atoms with E-state index in [9.17, 15) is 39.0 Å². The molecule has 0 aliphatic carbocycles. The van der Waals surface area contributed by atoms with Crippen LogP contribution in [0.3, 0.4) is 0 Å². The van der Waals surface area contributed by atoms with Gasteiger partial charge in [0.1, 0.15) is 38.5 Å². The summed E-state index contributed by atoms with van der Waals surface area (Å²) < 4.78 is 33.8. The van der Waals surface area contributed by atoms with Crippen LogP contribution in [-0.4, -0.2) is 160 Å². The van der Waals surface area contributed by atoms with Crippen molar-refractivity contribution in [2.24, 2.45) is 0 Å². The van der Waals surface area contributed by atoms with Crippen LogP contribution in [0.1, 0.15) is 259 Å². The molecule has 0 aromatic carbocycles. The minimum absolute atomic E-state index is 0. The van der Waals surface area contributed by atoms with E-state index < -0.39 is 24.4 Å². The lowest BCUT2D eigenvalue weighted by Gasteiger charge is -2.30. The molecule has 0 amide bonds. The normalized spacial score (nSPS) is 13.1. The van der Waals surface area contributed by atoms with E-state index in [4.69, 9.17) is 28.4 Å². The average molecular weight is 1240 g/mol. The van der Waals surface area contributed by atoms with E-state index in [2.05, 4.69) is 26.0 Å². The SMILES string of the molecule is CCCCCC(OC(=O)C[N+](C)(C)CCOC(=O)CCC)C(O)C/C=C\CCCCCCCC(=O)OCCCCCCCCCCOC(=O)CCCCCCC/C=C\CC(O)C(CCCCC)OC(=O)C[N+](C)(C)CCOC(=O)CCC.[Cl-].[Cl-]. The number of carbonyl (C=O) groups excluding carboxylic acids is 6. The van der Waals surface area contributed by atoms with Crippen LogP contribution in [0.25, 0.3) is 0 Å². The highest BCUT2D eigenvalue weighted by Gasteiger charge is 2.29. The lowest BCUT2D eigenvalue weighted by molar-refractivity contribution is -0.883. The monoisotopic (exact) mass is 1240 g/mol. The third-order valence-corrected chi connectivity index (χ3v) is 14.7. The molecule has 0 aliphatic heterocycles. The van der Waals surface area contributed by atoms with Crippen molar-refractivity contribution < 1.29 is 101 Å². The molecule has 0 bridgehead atoms. The second-order valence-corrected chi connectivity index (χ2v) is 24.1. The molecule has 4 unspecified atom stereocenters. The number of likely N-dealkylation sites (N-methyl/N-ethyl adjacent to an activating group) is 2. The summed E-state index contributed by atoms with van der Waals surface area (Å²) in [7, 11) is 7.61. The van der Waals surface area contributed by atoms with E-state index in [1.165, 1.54) is 0 Å². The third-order valence-electron chi connectivity index (χ3n) is 14.7. The highest BCUT2D eigenvalue weighted by Crippen LogP contribution is 2.19. The van der Waals surface area contributed by atoms with Crippen LogP contribution in [0.5, 0.6) is 0 Å². The van der Waals surface area contributed by atoms with Gasteiger partial charge in [0.2, 0.25) is 0 Å². The van der Waals surface area contributed by atoms with Crippen LogP contribution in [0.4, 0.5) is 0 Å². The van der Waals surface area contributed by atoms with Crippen molar-refractivity contribution >= 4 is 35.8 Å². The summed E-state index contributed by atoms with van der Waals surface area (Å²) in [6.45, 7) is 10.8. The Morgan fingerprint density at radius 1 is 0.357 bits per heavy atom. The Bertz CT molecular complexity index is 1580. The Labute approximate surface area is 523 Å². The minimum atomic E-state index is -0.767. The standard InChI is InChI=1S/C66H122N2O14.2ClH/c1-9-13-33-45-59(81-65(75)55-67(5,6)49-53-79-61(71)41-11-3)57(69)43-35-27-21-15-17-23-29-37-47-63(73)77-51-39-31-25-19-20-26-32-40-52-78-64(74)48-38-30-24-18-16-22-28-36-44-58(70)60(46-34-14-10-2)82-66(76)56-68(7,8)50-54-80-62(72)42-12-4;;/h27-28,35-36,57-60,69-70H,9-26,29-34,37-56H2,1-8H3;2*1H/q+2;;/p-2/b35-27-,36-28-;;. The van der Waals surface area contributed by atoms with E-state index in [1.54, 1.807) is 0 Å². The Hall–Kier alpha value is -3.28. The summed E-state index contributed by atoms with van der Waals surface area (Å²) in [4.78, 5) is 73.6. The molecule has 0 aliphatic rings. The van der Waals surface area contributed by atoms with Gasteiger partial charge in [0.25, 0.3) is 0 Å². The van der Waals surface area contributed by atoms with Gasteiger partial charge in [-0.05, 0) is 103 Å². The van der Waals surface area contributed by atoms with Crippen molar-refractivity contribution in [1.29, 1.82) is 0 Å². The number of aliphatic hydroxyl groups excluding tert-OH is 2. The molecule has 0 saturated carbocycles. The van der Waals surface area contributed by atoms with E-state index in [0.717, 1.165) is 180 Å². The Kier molecular flexibility index (Phi) is 58.1. The van der Waals surface area contributed by atoms with E-state index in [1.807, 2.05) is 54.2 Å². The van der Waals surface area contributed by atoms with Gasteiger partial charge in [-0.15, -0.1) is 0 Å². The van der Waals surface area contributed by atoms with Crippen LogP contribution >= 0.6 is 0 Å². The maximum atomic E-state index is 12.9. The molecule has 0 radical (unpaired) electrons. The first-order chi connectivity index (χ1) is 39.4. The summed E-state index contributed by atoms with van der Waals surface area (Å²) in [6.07, 6.45) is 37.0. The Morgan fingerprint density at radius 2 is 0.667 bits per heavy atom. The molecule has 494 valence electrons. The molecule has 0 aromatic heterocycles. The van der Waals surface area contributed by atoms with E-state index in [0.29, 0.717) is 86.6 Å². The summed E-state index contributed by atoms with van der Waals surface area (Å²) in [5.41, 5.74) is 0. The number of rotatable bonds is 57. The summed E-state index contributed by atoms with van der Waals surface area (Å²) in [5, 5.41) is 21.9. The predicted octanol–water partition coefficient (Wildman–Crippen LogP) is 7.10. The fourth-order valence-corrected chi connectivity index (χ4v) is 9.40. The molecule has 0 heterocycles. The molecule has 0 saturated heterocycles. The van der Waals surface area contributed by atoms with Gasteiger partial charge in [0.05, 0.1) is 53.6 Å². The van der Waals surface area contributed by atoms with Gasteiger partial charge in [0.15, 0.2) is 13.1 Å². The number of allylic oxidation sites excluding steroid dienone is 2. The maximum absolute atomic E-state index is 12.9. The van der Waals surface area contributed by atoms with Crippen LogP contribution in [0.2, 0.25) is 0 Å². The van der Waals surface area contributed by atoms with Gasteiger partial charge < -0.3 is 72.4 Å². The number of hydrogen-bond donors (Lipinski definition) is 2. The molecule has 0 aromatic rings. The molecular weight excluding hydrogens is 1120 g/mol. The van der Waals surface area contributed by atoms with Crippen molar-refractivity contribution in [3.63, 3.8) is 0 Å². The molecule has 2 N–H and O–H groups in total. The summed E-state index contributed by atoms with van der Waals surface area (Å²) in [6, 6.07) is 0. The lowest BCUT2D eigenvalue weighted by atomic mass is 10.0. The maximum Gasteiger partial charge on any atom is 0.362 e. The van der Waals surface area contributed by atoms with Crippen molar-refractivity contribution in [3.05, 3.63) is 24.3 Å². The summed E-state index contributed by atoms with van der Waals surface area (Å²) >= 11 is 0. The number of nitrogens with zero attached hydrogens (tertiary/aromatic N) is 2. The Morgan fingerprint density at radius 3 is 1.01 bits per heavy atom. The van der Waals surface area contributed by atoms with Crippen LogP contribution in [0, 0.1) is 0 Å². The number of halogens is 2. The largest absolute Gasteiger partial charge is 1.00 e. The van der Waals surface area contributed by atoms with Gasteiger partial charge in [-0.25, -0.2) is 9.59 Å². The smallest absolute Gasteiger partial charge is 0.362 e. The fraction of sp³-hybridized carbons (Fsp3) is 0.848. The lowest BCUT2D eigenvalue weighted by Crippen LogP contribution is -3.00. The second-order valence-electron chi connectivity index (χ2n) is 24.1. The highest BCUT2D eigenvalue weighted by molar-refractivity contribution is 5.72. The van der Waals surface area contributed by atoms with Crippen molar-refractivity contribution in [3.8, 4) is 0 Å². The number of aliphatic hydroxyl groups is 2.